The van der Waals surface area contributed by atoms with Gasteiger partial charge in [-0.15, -0.1) is 0 Å². The van der Waals surface area contributed by atoms with Gasteiger partial charge in [0.2, 0.25) is 0 Å². The van der Waals surface area contributed by atoms with Gasteiger partial charge in [-0.2, -0.15) is 0 Å². The average Bonchev–Trinajstić information content (AvgIpc) is 2.50. The quantitative estimate of drug-likeness (QED) is 0.782. The number of aryl methyl sites for hydroxylation is 1. The Morgan fingerprint density at radius 3 is 2.64 bits per heavy atom. The van der Waals surface area contributed by atoms with Crippen LogP contribution in [-0.4, -0.2) is 12.2 Å². The molecule has 2 aromatic rings. The van der Waals surface area contributed by atoms with Crippen molar-refractivity contribution >= 4 is 13.9 Å². The Morgan fingerprint density at radius 1 is 1.23 bits per heavy atom. The minimum absolute atomic E-state index is 0.0947. The van der Waals surface area contributed by atoms with Crippen LogP contribution in [0.15, 0.2) is 36.4 Å². The maximum absolute atomic E-state index is 14.1. The van der Waals surface area contributed by atoms with Crippen molar-refractivity contribution in [2.24, 2.45) is 0 Å². The van der Waals surface area contributed by atoms with Gasteiger partial charge in [-0.05, 0) is 43.2 Å². The maximum Gasteiger partial charge on any atom is 0.130 e. The summed E-state index contributed by atoms with van der Waals surface area (Å²) in [4.78, 5) is 0. The van der Waals surface area contributed by atoms with Gasteiger partial charge >= 0.3 is 0 Å². The first kappa shape index (κ1) is 16.8. The standard InChI is InChI=1S/C18H22FO2P/c1-4-5-17(14-11-13(21-3)7-8-16(14)20)22-18-9-6-12(2)10-15(18)19/h6-11,17,20,22H,4-5H2,1-3H3. The van der Waals surface area contributed by atoms with Gasteiger partial charge < -0.3 is 9.84 Å². The number of halogens is 1. The summed E-state index contributed by atoms with van der Waals surface area (Å²) in [6.07, 6.45) is 1.87. The number of phenols is 1. The van der Waals surface area contributed by atoms with Crippen LogP contribution in [0.4, 0.5) is 4.39 Å². The van der Waals surface area contributed by atoms with Gasteiger partial charge in [0.1, 0.15) is 17.3 Å². The van der Waals surface area contributed by atoms with Crippen LogP contribution < -0.4 is 10.0 Å². The Morgan fingerprint density at radius 2 is 2.00 bits per heavy atom. The Labute approximate surface area is 133 Å². The Kier molecular flexibility index (Phi) is 5.79. The van der Waals surface area contributed by atoms with E-state index in [1.54, 1.807) is 25.3 Å². The highest BCUT2D eigenvalue weighted by Gasteiger charge is 2.18. The molecule has 2 aromatic carbocycles. The summed E-state index contributed by atoms with van der Waals surface area (Å²) in [5.74, 6) is 0.796. The van der Waals surface area contributed by atoms with Crippen LogP contribution in [0.3, 0.4) is 0 Å². The van der Waals surface area contributed by atoms with E-state index in [2.05, 4.69) is 6.92 Å². The summed E-state index contributed by atoms with van der Waals surface area (Å²) >= 11 is 0. The van der Waals surface area contributed by atoms with Crippen molar-refractivity contribution in [2.45, 2.75) is 32.3 Å². The molecule has 0 spiro atoms. The van der Waals surface area contributed by atoms with E-state index in [4.69, 9.17) is 4.74 Å². The van der Waals surface area contributed by atoms with Crippen LogP contribution in [0.5, 0.6) is 11.5 Å². The molecular weight excluding hydrogens is 298 g/mol. The average molecular weight is 320 g/mol. The minimum atomic E-state index is -0.165. The number of methoxy groups -OCH3 is 1. The molecule has 0 aliphatic heterocycles. The van der Waals surface area contributed by atoms with E-state index in [0.717, 1.165) is 24.0 Å². The van der Waals surface area contributed by atoms with Gasteiger partial charge in [0.05, 0.1) is 7.11 Å². The van der Waals surface area contributed by atoms with Crippen molar-refractivity contribution in [3.8, 4) is 11.5 Å². The van der Waals surface area contributed by atoms with E-state index in [-0.39, 0.29) is 25.8 Å². The van der Waals surface area contributed by atoms with Crippen LogP contribution in [0.2, 0.25) is 0 Å². The van der Waals surface area contributed by atoms with E-state index >= 15 is 0 Å². The predicted molar refractivity (Wildman–Crippen MR) is 91.4 cm³/mol. The topological polar surface area (TPSA) is 29.5 Å². The lowest BCUT2D eigenvalue weighted by molar-refractivity contribution is 0.410. The molecule has 2 unspecified atom stereocenters. The highest BCUT2D eigenvalue weighted by atomic mass is 31.1. The third kappa shape index (κ3) is 3.98. The van der Waals surface area contributed by atoms with E-state index in [0.29, 0.717) is 11.1 Å². The van der Waals surface area contributed by atoms with Gasteiger partial charge in [0.15, 0.2) is 0 Å². The molecule has 2 rings (SSSR count). The molecule has 0 aliphatic rings. The monoisotopic (exact) mass is 320 g/mol. The lowest BCUT2D eigenvalue weighted by Crippen LogP contribution is -2.06. The molecule has 0 aromatic heterocycles. The lowest BCUT2D eigenvalue weighted by atomic mass is 10.1. The molecule has 0 aliphatic carbocycles. The molecule has 0 saturated heterocycles. The number of rotatable bonds is 6. The number of hydrogen-bond donors (Lipinski definition) is 1. The summed E-state index contributed by atoms with van der Waals surface area (Å²) in [7, 11) is 1.88. The normalized spacial score (nSPS) is 12.7. The second kappa shape index (κ2) is 7.60. The van der Waals surface area contributed by atoms with Crippen molar-refractivity contribution < 1.29 is 14.2 Å². The molecule has 0 fully saturated rings. The van der Waals surface area contributed by atoms with E-state index < -0.39 is 0 Å². The number of phenolic OH excluding ortho intramolecular Hbond substituents is 1. The van der Waals surface area contributed by atoms with Crippen molar-refractivity contribution in [3.63, 3.8) is 0 Å². The van der Waals surface area contributed by atoms with Crippen molar-refractivity contribution in [2.75, 3.05) is 7.11 Å². The molecule has 0 amide bonds. The van der Waals surface area contributed by atoms with Crippen LogP contribution >= 0.6 is 8.58 Å². The van der Waals surface area contributed by atoms with Crippen LogP contribution in [0.1, 0.15) is 36.6 Å². The summed E-state index contributed by atoms with van der Waals surface area (Å²) in [5, 5.41) is 10.9. The summed E-state index contributed by atoms with van der Waals surface area (Å²) in [6, 6.07) is 10.6. The van der Waals surface area contributed by atoms with Crippen molar-refractivity contribution in [3.05, 3.63) is 53.3 Å². The third-order valence-electron chi connectivity index (χ3n) is 3.64. The predicted octanol–water partition coefficient (Wildman–Crippen LogP) is 4.69. The third-order valence-corrected chi connectivity index (χ3v) is 5.31. The smallest absolute Gasteiger partial charge is 0.130 e. The Hall–Kier alpha value is -1.60. The molecule has 0 radical (unpaired) electrons. The van der Waals surface area contributed by atoms with Crippen LogP contribution in [-0.2, 0) is 0 Å². The zero-order valence-corrected chi connectivity index (χ0v) is 14.2. The SMILES string of the molecule is CCCC(Pc1ccc(C)cc1F)c1cc(OC)ccc1O. The molecule has 4 heteroatoms. The molecule has 0 saturated carbocycles. The number of benzene rings is 2. The molecule has 0 heterocycles. The molecule has 118 valence electrons. The Balaban J connectivity index is 2.33. The fourth-order valence-electron chi connectivity index (χ4n) is 2.46. The highest BCUT2D eigenvalue weighted by molar-refractivity contribution is 7.47. The van der Waals surface area contributed by atoms with Gasteiger partial charge in [-0.25, -0.2) is 4.39 Å². The van der Waals surface area contributed by atoms with Gasteiger partial charge in [-0.3, -0.25) is 0 Å². The second-order valence-corrected chi connectivity index (χ2v) is 6.92. The second-order valence-electron chi connectivity index (χ2n) is 5.39. The zero-order chi connectivity index (χ0) is 16.1. The zero-order valence-electron chi connectivity index (χ0n) is 13.2. The van der Waals surface area contributed by atoms with Crippen LogP contribution in [0.25, 0.3) is 0 Å². The Bertz CT molecular complexity index is 643. The fourth-order valence-corrected chi connectivity index (χ4v) is 4.04. The molecule has 2 atom stereocenters. The largest absolute Gasteiger partial charge is 0.508 e. The first-order chi connectivity index (χ1) is 10.5. The van der Waals surface area contributed by atoms with Crippen LogP contribution in [0, 0.1) is 12.7 Å². The van der Waals surface area contributed by atoms with Crippen molar-refractivity contribution in [1.29, 1.82) is 0 Å². The molecule has 2 nitrogen and oxygen atoms in total. The number of aromatic hydroxyl groups is 1. The van der Waals surface area contributed by atoms with Gasteiger partial charge in [0, 0.05) is 16.5 Å². The van der Waals surface area contributed by atoms with Gasteiger partial charge in [0.25, 0.3) is 0 Å². The molecule has 0 bridgehead atoms. The fraction of sp³-hybridized carbons (Fsp3) is 0.333. The van der Waals surface area contributed by atoms with Gasteiger partial charge in [-0.1, -0.05) is 34.1 Å². The first-order valence-corrected chi connectivity index (χ1v) is 8.52. The highest BCUT2D eigenvalue weighted by Crippen LogP contribution is 2.43. The van der Waals surface area contributed by atoms with E-state index in [1.165, 1.54) is 0 Å². The summed E-state index contributed by atoms with van der Waals surface area (Å²) in [6.45, 7) is 3.98. The summed E-state index contributed by atoms with van der Waals surface area (Å²) in [5.41, 5.74) is 1.85. The number of ether oxygens (including phenoxy) is 1. The van der Waals surface area contributed by atoms with E-state index in [1.807, 2.05) is 25.1 Å². The lowest BCUT2D eigenvalue weighted by Gasteiger charge is -2.19. The number of hydrogen-bond acceptors (Lipinski definition) is 2. The maximum atomic E-state index is 14.1. The molecular formula is C18H22FO2P. The summed E-state index contributed by atoms with van der Waals surface area (Å²) < 4.78 is 19.4. The van der Waals surface area contributed by atoms with E-state index in [9.17, 15) is 9.50 Å². The first-order valence-electron chi connectivity index (χ1n) is 7.44. The van der Waals surface area contributed by atoms with Crippen molar-refractivity contribution in [1.82, 2.24) is 0 Å². The molecule has 1 N–H and O–H groups in total. The minimum Gasteiger partial charge on any atom is -0.508 e. The molecule has 22 heavy (non-hydrogen) atoms.